The van der Waals surface area contributed by atoms with Crippen LogP contribution < -0.4 is 5.32 Å². The zero-order valence-electron chi connectivity index (χ0n) is 10.9. The van der Waals surface area contributed by atoms with Crippen LogP contribution in [0.5, 0.6) is 0 Å². The number of para-hydroxylation sites is 1. The minimum absolute atomic E-state index is 0.0516. The Morgan fingerprint density at radius 2 is 1.94 bits per heavy atom. The van der Waals surface area contributed by atoms with Crippen molar-refractivity contribution in [3.63, 3.8) is 0 Å². The van der Waals surface area contributed by atoms with E-state index in [1.54, 1.807) is 6.92 Å². The van der Waals surface area contributed by atoms with Gasteiger partial charge >= 0.3 is 5.97 Å². The monoisotopic (exact) mass is 235 g/mol. The molecule has 0 radical (unpaired) electrons. The molecule has 1 aromatic rings. The van der Waals surface area contributed by atoms with Crippen molar-refractivity contribution in [2.24, 2.45) is 5.92 Å². The fourth-order valence-electron chi connectivity index (χ4n) is 1.64. The molecule has 3 nitrogen and oxygen atoms in total. The third-order valence-corrected chi connectivity index (χ3v) is 2.76. The molecule has 0 heterocycles. The predicted molar refractivity (Wildman–Crippen MR) is 70.4 cm³/mol. The Balaban J connectivity index is 2.81. The maximum atomic E-state index is 10.8. The summed E-state index contributed by atoms with van der Waals surface area (Å²) in [5, 5.41) is 12.1. The van der Waals surface area contributed by atoms with Gasteiger partial charge < -0.3 is 10.4 Å². The van der Waals surface area contributed by atoms with Crippen LogP contribution >= 0.6 is 0 Å². The molecule has 0 fully saturated rings. The number of hydrogen-bond acceptors (Lipinski definition) is 2. The molecule has 1 aromatic carbocycles. The van der Waals surface area contributed by atoms with E-state index in [-0.39, 0.29) is 11.3 Å². The first-order chi connectivity index (χ1) is 7.82. The zero-order chi connectivity index (χ0) is 13.1. The highest BCUT2D eigenvalue weighted by Gasteiger charge is 2.18. The van der Waals surface area contributed by atoms with Gasteiger partial charge in [-0.2, -0.15) is 0 Å². The highest BCUT2D eigenvalue weighted by atomic mass is 16.4. The van der Waals surface area contributed by atoms with Gasteiger partial charge in [0, 0.05) is 12.2 Å². The minimum atomic E-state index is -0.772. The molecule has 0 aromatic heterocycles. The normalized spacial score (nSPS) is 13.2. The van der Waals surface area contributed by atoms with Crippen LogP contribution in [-0.2, 0) is 10.2 Å². The Bertz CT molecular complexity index is 393. The first kappa shape index (κ1) is 13.6. The summed E-state index contributed by atoms with van der Waals surface area (Å²) in [7, 11) is 0. The van der Waals surface area contributed by atoms with Crippen molar-refractivity contribution < 1.29 is 9.90 Å². The summed E-state index contributed by atoms with van der Waals surface area (Å²) in [4.78, 5) is 10.8. The van der Waals surface area contributed by atoms with Crippen molar-refractivity contribution in [2.75, 3.05) is 11.9 Å². The molecule has 0 aliphatic carbocycles. The van der Waals surface area contributed by atoms with E-state index in [1.165, 1.54) is 5.56 Å². The molecular weight excluding hydrogens is 214 g/mol. The van der Waals surface area contributed by atoms with Crippen LogP contribution in [0.4, 0.5) is 5.69 Å². The van der Waals surface area contributed by atoms with Gasteiger partial charge in [0.2, 0.25) is 0 Å². The van der Waals surface area contributed by atoms with Crippen LogP contribution in [-0.4, -0.2) is 17.6 Å². The second-order valence-electron chi connectivity index (χ2n) is 5.42. The van der Waals surface area contributed by atoms with Gasteiger partial charge in [0.1, 0.15) is 0 Å². The maximum absolute atomic E-state index is 10.8. The van der Waals surface area contributed by atoms with E-state index in [0.717, 1.165) is 5.69 Å². The first-order valence-electron chi connectivity index (χ1n) is 5.88. The number of rotatable bonds is 4. The Kier molecular flexibility index (Phi) is 4.16. The van der Waals surface area contributed by atoms with Gasteiger partial charge in [-0.15, -0.1) is 0 Å². The van der Waals surface area contributed by atoms with Crippen LogP contribution in [0.2, 0.25) is 0 Å². The zero-order valence-corrected chi connectivity index (χ0v) is 10.9. The van der Waals surface area contributed by atoms with Gasteiger partial charge in [-0.3, -0.25) is 4.79 Å². The van der Waals surface area contributed by atoms with E-state index in [9.17, 15) is 4.79 Å². The van der Waals surface area contributed by atoms with E-state index in [1.807, 2.05) is 18.2 Å². The van der Waals surface area contributed by atoms with Crippen LogP contribution in [0.15, 0.2) is 24.3 Å². The molecule has 1 rings (SSSR count). The van der Waals surface area contributed by atoms with Crippen molar-refractivity contribution in [1.82, 2.24) is 0 Å². The molecule has 1 atom stereocenters. The number of benzene rings is 1. The smallest absolute Gasteiger partial charge is 0.308 e. The molecular formula is C14H21NO2. The lowest BCUT2D eigenvalue weighted by atomic mass is 9.86. The van der Waals surface area contributed by atoms with Gasteiger partial charge in [0.05, 0.1) is 5.92 Å². The average Bonchev–Trinajstić information content (AvgIpc) is 2.24. The maximum Gasteiger partial charge on any atom is 0.308 e. The van der Waals surface area contributed by atoms with Crippen molar-refractivity contribution in [1.29, 1.82) is 0 Å². The molecule has 0 aliphatic heterocycles. The largest absolute Gasteiger partial charge is 0.481 e. The Morgan fingerprint density at radius 3 is 2.47 bits per heavy atom. The summed E-state index contributed by atoms with van der Waals surface area (Å²) < 4.78 is 0. The molecule has 0 saturated carbocycles. The fourth-order valence-corrected chi connectivity index (χ4v) is 1.64. The van der Waals surface area contributed by atoms with Crippen molar-refractivity contribution in [3.05, 3.63) is 29.8 Å². The highest BCUT2D eigenvalue weighted by Crippen LogP contribution is 2.29. The summed E-state index contributed by atoms with van der Waals surface area (Å²) in [5.74, 6) is -1.16. The summed E-state index contributed by atoms with van der Waals surface area (Å²) in [5.41, 5.74) is 2.28. The Labute approximate surface area is 103 Å². The summed E-state index contributed by atoms with van der Waals surface area (Å²) in [6, 6.07) is 8.04. The second kappa shape index (κ2) is 5.21. The number of aliphatic carboxylic acids is 1. The van der Waals surface area contributed by atoms with Crippen molar-refractivity contribution in [2.45, 2.75) is 33.1 Å². The van der Waals surface area contributed by atoms with E-state index >= 15 is 0 Å². The number of carboxylic acids is 1. The molecule has 17 heavy (non-hydrogen) atoms. The summed E-state index contributed by atoms with van der Waals surface area (Å²) in [6.07, 6.45) is 0. The molecule has 0 spiro atoms. The molecule has 3 heteroatoms. The number of nitrogens with one attached hydrogen (secondary N) is 1. The summed E-state index contributed by atoms with van der Waals surface area (Å²) in [6.45, 7) is 8.59. The van der Waals surface area contributed by atoms with Crippen LogP contribution in [0.25, 0.3) is 0 Å². The minimum Gasteiger partial charge on any atom is -0.481 e. The number of anilines is 1. The fraction of sp³-hybridized carbons (Fsp3) is 0.500. The lowest BCUT2D eigenvalue weighted by Gasteiger charge is -2.23. The van der Waals surface area contributed by atoms with E-state index in [2.05, 4.69) is 32.2 Å². The first-order valence-corrected chi connectivity index (χ1v) is 5.88. The topological polar surface area (TPSA) is 49.3 Å². The third-order valence-electron chi connectivity index (χ3n) is 2.76. The number of hydrogen-bond donors (Lipinski definition) is 2. The average molecular weight is 235 g/mol. The summed E-state index contributed by atoms with van der Waals surface area (Å²) >= 11 is 0. The molecule has 0 saturated heterocycles. The quantitative estimate of drug-likeness (QED) is 0.843. The number of carbonyl (C=O) groups is 1. The Morgan fingerprint density at radius 1 is 1.35 bits per heavy atom. The van der Waals surface area contributed by atoms with E-state index in [0.29, 0.717) is 6.54 Å². The lowest BCUT2D eigenvalue weighted by Crippen LogP contribution is -2.22. The standard InChI is InChI=1S/C14H21NO2/c1-10(13(16)17)9-15-12-8-6-5-7-11(12)14(2,3)4/h5-8,10,15H,9H2,1-4H3,(H,16,17). The van der Waals surface area contributed by atoms with Gasteiger partial charge in [0.15, 0.2) is 0 Å². The number of carboxylic acid groups (broad SMARTS) is 1. The lowest BCUT2D eigenvalue weighted by molar-refractivity contribution is -0.140. The van der Waals surface area contributed by atoms with E-state index in [4.69, 9.17) is 5.11 Å². The van der Waals surface area contributed by atoms with E-state index < -0.39 is 5.97 Å². The molecule has 94 valence electrons. The molecule has 0 aliphatic rings. The van der Waals surface area contributed by atoms with Gasteiger partial charge in [0.25, 0.3) is 0 Å². The van der Waals surface area contributed by atoms with Crippen LogP contribution in [0.3, 0.4) is 0 Å². The van der Waals surface area contributed by atoms with Gasteiger partial charge in [-0.05, 0) is 17.0 Å². The van der Waals surface area contributed by atoms with Gasteiger partial charge in [-0.25, -0.2) is 0 Å². The molecule has 1 unspecified atom stereocenters. The predicted octanol–water partition coefficient (Wildman–Crippen LogP) is 3.12. The third kappa shape index (κ3) is 3.77. The van der Waals surface area contributed by atoms with Crippen molar-refractivity contribution in [3.8, 4) is 0 Å². The Hall–Kier alpha value is -1.51. The van der Waals surface area contributed by atoms with Crippen molar-refractivity contribution >= 4 is 11.7 Å². The molecule has 0 amide bonds. The second-order valence-corrected chi connectivity index (χ2v) is 5.42. The van der Waals surface area contributed by atoms with Gasteiger partial charge in [-0.1, -0.05) is 45.9 Å². The molecule has 2 N–H and O–H groups in total. The highest BCUT2D eigenvalue weighted by molar-refractivity contribution is 5.70. The van der Waals surface area contributed by atoms with Crippen LogP contribution in [0, 0.1) is 5.92 Å². The SMILES string of the molecule is CC(CNc1ccccc1C(C)(C)C)C(=O)O. The molecule has 0 bridgehead atoms. The van der Waals surface area contributed by atoms with Crippen LogP contribution in [0.1, 0.15) is 33.3 Å².